The molecule has 0 aliphatic rings. The van der Waals surface area contributed by atoms with E-state index in [0.717, 1.165) is 4.47 Å². The zero-order chi connectivity index (χ0) is 13.1. The van der Waals surface area contributed by atoms with Crippen LogP contribution in [0.1, 0.15) is 9.67 Å². The highest BCUT2D eigenvalue weighted by Gasteiger charge is 2.12. The molecule has 1 N–H and O–H groups in total. The molecule has 2 aromatic heterocycles. The van der Waals surface area contributed by atoms with Crippen LogP contribution in [0, 0.1) is 0 Å². The van der Waals surface area contributed by atoms with E-state index in [0.29, 0.717) is 16.3 Å². The van der Waals surface area contributed by atoms with Crippen molar-refractivity contribution in [1.82, 2.24) is 4.98 Å². The normalized spacial score (nSPS) is 10.2. The maximum atomic E-state index is 11.9. The fraction of sp³-hybridized carbons (Fsp3) is 0.0909. The monoisotopic (exact) mass is 346 g/mol. The van der Waals surface area contributed by atoms with Crippen molar-refractivity contribution in [2.45, 2.75) is 0 Å². The summed E-state index contributed by atoms with van der Waals surface area (Å²) in [5, 5.41) is 4.70. The largest absolute Gasteiger partial charge is 0.496 e. The molecule has 0 saturated heterocycles. The van der Waals surface area contributed by atoms with Crippen molar-refractivity contribution >= 4 is 50.5 Å². The number of carbonyl (C=O) groups is 1. The molecule has 0 aliphatic carbocycles. The van der Waals surface area contributed by atoms with Crippen LogP contribution in [0.15, 0.2) is 28.2 Å². The number of anilines is 1. The van der Waals surface area contributed by atoms with Crippen LogP contribution >= 0.6 is 38.9 Å². The highest BCUT2D eigenvalue weighted by Crippen LogP contribution is 2.26. The standard InChI is InChI=1S/C11H8BrClN2O2S/c1-17-7-3-9(18-5-7)11(16)15-8-2-6(12)4-14-10(8)13/h2-5H,1H3,(H,15,16). The molecule has 2 rings (SSSR count). The second kappa shape index (κ2) is 5.69. The summed E-state index contributed by atoms with van der Waals surface area (Å²) in [4.78, 5) is 16.4. The maximum absolute atomic E-state index is 11.9. The van der Waals surface area contributed by atoms with Crippen LogP contribution in [0.2, 0.25) is 5.15 Å². The fourth-order valence-electron chi connectivity index (χ4n) is 1.24. The van der Waals surface area contributed by atoms with Gasteiger partial charge in [-0.25, -0.2) is 4.98 Å². The van der Waals surface area contributed by atoms with Crippen molar-refractivity contribution in [3.8, 4) is 5.75 Å². The number of hydrogen-bond donors (Lipinski definition) is 1. The van der Waals surface area contributed by atoms with E-state index >= 15 is 0 Å². The zero-order valence-corrected chi connectivity index (χ0v) is 12.4. The summed E-state index contributed by atoms with van der Waals surface area (Å²) >= 11 is 10.5. The minimum absolute atomic E-state index is 0.245. The zero-order valence-electron chi connectivity index (χ0n) is 9.24. The number of thiophene rings is 1. The van der Waals surface area contributed by atoms with Gasteiger partial charge in [0.1, 0.15) is 5.75 Å². The molecule has 7 heteroatoms. The first kappa shape index (κ1) is 13.3. The first-order valence-corrected chi connectivity index (χ1v) is 6.90. The van der Waals surface area contributed by atoms with Crippen molar-refractivity contribution in [2.75, 3.05) is 12.4 Å². The summed E-state index contributed by atoms with van der Waals surface area (Å²) in [6, 6.07) is 3.36. The van der Waals surface area contributed by atoms with Crippen LogP contribution < -0.4 is 10.1 Å². The number of amides is 1. The minimum Gasteiger partial charge on any atom is -0.496 e. The number of nitrogens with one attached hydrogen (secondary N) is 1. The van der Waals surface area contributed by atoms with E-state index in [1.54, 1.807) is 30.8 Å². The number of hydrogen-bond acceptors (Lipinski definition) is 4. The second-order valence-electron chi connectivity index (χ2n) is 3.30. The van der Waals surface area contributed by atoms with Crippen molar-refractivity contribution in [3.63, 3.8) is 0 Å². The number of nitrogens with zero attached hydrogens (tertiary/aromatic N) is 1. The molecule has 0 unspecified atom stereocenters. The van der Waals surface area contributed by atoms with Gasteiger partial charge >= 0.3 is 0 Å². The predicted molar refractivity (Wildman–Crippen MR) is 75.8 cm³/mol. The van der Waals surface area contributed by atoms with E-state index in [1.165, 1.54) is 11.3 Å². The van der Waals surface area contributed by atoms with Gasteiger partial charge in [0.2, 0.25) is 0 Å². The second-order valence-corrected chi connectivity index (χ2v) is 5.48. The molecule has 2 aromatic rings. The number of methoxy groups -OCH3 is 1. The molecule has 0 spiro atoms. The van der Waals surface area contributed by atoms with Crippen molar-refractivity contribution in [3.05, 3.63) is 38.2 Å². The van der Waals surface area contributed by atoms with Gasteiger partial charge in [0.25, 0.3) is 5.91 Å². The number of aromatic nitrogens is 1. The lowest BCUT2D eigenvalue weighted by molar-refractivity contribution is 0.103. The van der Waals surface area contributed by atoms with E-state index in [2.05, 4.69) is 26.2 Å². The van der Waals surface area contributed by atoms with E-state index in [-0.39, 0.29) is 11.1 Å². The molecule has 0 fully saturated rings. The molecule has 0 aliphatic heterocycles. The Bertz CT molecular complexity index is 588. The SMILES string of the molecule is COc1csc(C(=O)Nc2cc(Br)cnc2Cl)c1. The van der Waals surface area contributed by atoms with Crippen LogP contribution in [0.25, 0.3) is 0 Å². The lowest BCUT2D eigenvalue weighted by atomic mass is 10.4. The highest BCUT2D eigenvalue weighted by molar-refractivity contribution is 9.10. The third kappa shape index (κ3) is 3.01. The number of pyridine rings is 1. The lowest BCUT2D eigenvalue weighted by Gasteiger charge is -2.05. The average molecular weight is 348 g/mol. The molecule has 0 saturated carbocycles. The number of ether oxygens (including phenoxy) is 1. The van der Waals surface area contributed by atoms with Crippen LogP contribution in [-0.2, 0) is 0 Å². The first-order valence-electron chi connectivity index (χ1n) is 4.85. The minimum atomic E-state index is -0.245. The lowest BCUT2D eigenvalue weighted by Crippen LogP contribution is -2.10. The van der Waals surface area contributed by atoms with E-state index in [4.69, 9.17) is 16.3 Å². The van der Waals surface area contributed by atoms with Gasteiger partial charge < -0.3 is 10.1 Å². The molecule has 18 heavy (non-hydrogen) atoms. The molecule has 4 nitrogen and oxygen atoms in total. The molecule has 0 bridgehead atoms. The number of carbonyl (C=O) groups excluding carboxylic acids is 1. The fourth-order valence-corrected chi connectivity index (χ4v) is 2.47. The molecule has 0 aromatic carbocycles. The van der Waals surface area contributed by atoms with Crippen LogP contribution in [0.3, 0.4) is 0 Å². The topological polar surface area (TPSA) is 51.2 Å². The van der Waals surface area contributed by atoms with Crippen molar-refractivity contribution < 1.29 is 9.53 Å². The van der Waals surface area contributed by atoms with Gasteiger partial charge in [-0.3, -0.25) is 4.79 Å². The third-order valence-electron chi connectivity index (χ3n) is 2.09. The summed E-state index contributed by atoms with van der Waals surface area (Å²) in [7, 11) is 1.55. The van der Waals surface area contributed by atoms with Crippen molar-refractivity contribution in [2.24, 2.45) is 0 Å². The predicted octanol–water partition coefficient (Wildman–Crippen LogP) is 3.82. The van der Waals surface area contributed by atoms with Gasteiger partial charge in [-0.15, -0.1) is 11.3 Å². The Morgan fingerprint density at radius 2 is 2.33 bits per heavy atom. The van der Waals surface area contributed by atoms with Crippen molar-refractivity contribution in [1.29, 1.82) is 0 Å². The molecular formula is C11H8BrClN2O2S. The molecular weight excluding hydrogens is 340 g/mol. The Morgan fingerprint density at radius 3 is 3.00 bits per heavy atom. The molecule has 1 amide bonds. The third-order valence-corrected chi connectivity index (χ3v) is 3.73. The van der Waals surface area contributed by atoms with Crippen LogP contribution in [-0.4, -0.2) is 18.0 Å². The Kier molecular flexibility index (Phi) is 4.21. The molecule has 94 valence electrons. The summed E-state index contributed by atoms with van der Waals surface area (Å²) in [5.74, 6) is 0.411. The van der Waals surface area contributed by atoms with Gasteiger partial charge in [0.05, 0.1) is 17.7 Å². The summed E-state index contributed by atoms with van der Waals surface area (Å²) < 4.78 is 5.76. The van der Waals surface area contributed by atoms with Gasteiger partial charge in [0.15, 0.2) is 5.15 Å². The maximum Gasteiger partial charge on any atom is 0.265 e. The smallest absolute Gasteiger partial charge is 0.265 e. The van der Waals surface area contributed by atoms with E-state index in [9.17, 15) is 4.79 Å². The van der Waals surface area contributed by atoms with Gasteiger partial charge in [-0.2, -0.15) is 0 Å². The Hall–Kier alpha value is -1.11. The average Bonchev–Trinajstić information content (AvgIpc) is 2.82. The van der Waals surface area contributed by atoms with Gasteiger partial charge in [-0.05, 0) is 22.0 Å². The number of rotatable bonds is 3. The quantitative estimate of drug-likeness (QED) is 0.859. The van der Waals surface area contributed by atoms with Gasteiger partial charge in [-0.1, -0.05) is 11.6 Å². The number of halogens is 2. The Labute approximate surface area is 121 Å². The molecule has 2 heterocycles. The summed E-state index contributed by atoms with van der Waals surface area (Å²) in [6.45, 7) is 0. The molecule has 0 radical (unpaired) electrons. The molecule has 0 atom stereocenters. The first-order chi connectivity index (χ1) is 8.60. The van der Waals surface area contributed by atoms with Crippen LogP contribution in [0.4, 0.5) is 5.69 Å². The van der Waals surface area contributed by atoms with Gasteiger partial charge in [0, 0.05) is 22.1 Å². The summed E-state index contributed by atoms with van der Waals surface area (Å²) in [5.41, 5.74) is 0.461. The van der Waals surface area contributed by atoms with Crippen LogP contribution in [0.5, 0.6) is 5.75 Å². The Morgan fingerprint density at radius 1 is 1.56 bits per heavy atom. The van der Waals surface area contributed by atoms with E-state index in [1.807, 2.05) is 0 Å². The highest BCUT2D eigenvalue weighted by atomic mass is 79.9. The van der Waals surface area contributed by atoms with E-state index < -0.39 is 0 Å². The summed E-state index contributed by atoms with van der Waals surface area (Å²) in [6.07, 6.45) is 1.56. The Balaban J connectivity index is 2.18.